The van der Waals surface area contributed by atoms with Crippen LogP contribution in [0.25, 0.3) is 0 Å². The molecule has 1 atom stereocenters. The molecule has 0 saturated heterocycles. The van der Waals surface area contributed by atoms with E-state index in [0.717, 1.165) is 22.2 Å². The molecule has 3 heteroatoms. The van der Waals surface area contributed by atoms with Crippen LogP contribution in [-0.2, 0) is 0 Å². The smallest absolute Gasteiger partial charge is 0.0917 e. The molecule has 0 aromatic heterocycles. The standard InChI is InChI=1S/C13H18BrNO/c1-10(2)8-15(3)9-13(16)11-5-4-6-12(14)7-11/h4-7,13,16H,1,8-9H2,2-3H3. The minimum atomic E-state index is -0.457. The number of nitrogens with zero attached hydrogens (tertiary/aromatic N) is 1. The van der Waals surface area contributed by atoms with Gasteiger partial charge in [-0.2, -0.15) is 0 Å². The molecule has 0 aliphatic rings. The summed E-state index contributed by atoms with van der Waals surface area (Å²) in [6, 6.07) is 7.76. The van der Waals surface area contributed by atoms with Gasteiger partial charge in [0.15, 0.2) is 0 Å². The zero-order chi connectivity index (χ0) is 12.1. The molecule has 1 N–H and O–H groups in total. The van der Waals surface area contributed by atoms with Gasteiger partial charge in [0, 0.05) is 17.6 Å². The number of aliphatic hydroxyl groups excluding tert-OH is 1. The van der Waals surface area contributed by atoms with E-state index in [1.54, 1.807) is 0 Å². The molecule has 0 aliphatic carbocycles. The first-order valence-electron chi connectivity index (χ1n) is 5.25. The first-order chi connectivity index (χ1) is 7.49. The highest BCUT2D eigenvalue weighted by Gasteiger charge is 2.10. The molecule has 1 rings (SSSR count). The van der Waals surface area contributed by atoms with Crippen LogP contribution in [0.4, 0.5) is 0 Å². The summed E-state index contributed by atoms with van der Waals surface area (Å²) in [5.74, 6) is 0. The van der Waals surface area contributed by atoms with E-state index in [-0.39, 0.29) is 0 Å². The van der Waals surface area contributed by atoms with Gasteiger partial charge in [0.05, 0.1) is 6.10 Å². The lowest BCUT2D eigenvalue weighted by molar-refractivity contribution is 0.131. The Morgan fingerprint density at radius 1 is 1.56 bits per heavy atom. The van der Waals surface area contributed by atoms with E-state index < -0.39 is 6.10 Å². The first kappa shape index (κ1) is 13.4. The Labute approximate surface area is 106 Å². The number of halogens is 1. The van der Waals surface area contributed by atoms with Crippen molar-refractivity contribution in [3.63, 3.8) is 0 Å². The fourth-order valence-electron chi connectivity index (χ4n) is 1.64. The minimum Gasteiger partial charge on any atom is -0.387 e. The van der Waals surface area contributed by atoms with Crippen LogP contribution in [-0.4, -0.2) is 30.1 Å². The highest BCUT2D eigenvalue weighted by molar-refractivity contribution is 9.10. The maximum absolute atomic E-state index is 10.0. The van der Waals surface area contributed by atoms with E-state index in [2.05, 4.69) is 27.4 Å². The Balaban J connectivity index is 2.58. The molecule has 16 heavy (non-hydrogen) atoms. The van der Waals surface area contributed by atoms with Crippen molar-refractivity contribution in [3.8, 4) is 0 Å². The van der Waals surface area contributed by atoms with Crippen molar-refractivity contribution >= 4 is 15.9 Å². The van der Waals surface area contributed by atoms with Gasteiger partial charge in [-0.15, -0.1) is 0 Å². The van der Waals surface area contributed by atoms with Crippen molar-refractivity contribution in [3.05, 3.63) is 46.5 Å². The Morgan fingerprint density at radius 3 is 2.81 bits per heavy atom. The van der Waals surface area contributed by atoms with Crippen molar-refractivity contribution in [1.29, 1.82) is 0 Å². The maximum Gasteiger partial charge on any atom is 0.0917 e. The summed E-state index contributed by atoms with van der Waals surface area (Å²) in [5.41, 5.74) is 2.03. The van der Waals surface area contributed by atoms with Crippen molar-refractivity contribution in [2.24, 2.45) is 0 Å². The molecular formula is C13H18BrNO. The van der Waals surface area contributed by atoms with Crippen molar-refractivity contribution < 1.29 is 5.11 Å². The lowest BCUT2D eigenvalue weighted by Gasteiger charge is -2.20. The molecule has 0 aliphatic heterocycles. The summed E-state index contributed by atoms with van der Waals surface area (Å²) in [5, 5.41) is 10.0. The number of rotatable bonds is 5. The summed E-state index contributed by atoms with van der Waals surface area (Å²) in [4.78, 5) is 2.06. The number of hydrogen-bond acceptors (Lipinski definition) is 2. The molecule has 1 unspecified atom stereocenters. The van der Waals surface area contributed by atoms with Gasteiger partial charge in [0.2, 0.25) is 0 Å². The van der Waals surface area contributed by atoms with Gasteiger partial charge >= 0.3 is 0 Å². The third-order valence-corrected chi connectivity index (χ3v) is 2.75. The Bertz CT molecular complexity index is 365. The number of benzene rings is 1. The topological polar surface area (TPSA) is 23.5 Å². The van der Waals surface area contributed by atoms with E-state index in [1.165, 1.54) is 0 Å². The van der Waals surface area contributed by atoms with E-state index in [1.807, 2.05) is 38.2 Å². The van der Waals surface area contributed by atoms with E-state index in [0.29, 0.717) is 6.54 Å². The first-order valence-corrected chi connectivity index (χ1v) is 6.05. The Morgan fingerprint density at radius 2 is 2.25 bits per heavy atom. The van der Waals surface area contributed by atoms with Crippen molar-refractivity contribution in [2.75, 3.05) is 20.1 Å². The zero-order valence-corrected chi connectivity index (χ0v) is 11.4. The predicted octanol–water partition coefficient (Wildman–Crippen LogP) is 2.99. The SMILES string of the molecule is C=C(C)CN(C)CC(O)c1cccc(Br)c1. The van der Waals surface area contributed by atoms with E-state index in [9.17, 15) is 5.11 Å². The second-order valence-corrected chi connectivity index (χ2v) is 5.14. The van der Waals surface area contributed by atoms with Crippen LogP contribution < -0.4 is 0 Å². The quantitative estimate of drug-likeness (QED) is 0.840. The highest BCUT2D eigenvalue weighted by Crippen LogP contribution is 2.18. The van der Waals surface area contributed by atoms with Gasteiger partial charge < -0.3 is 5.11 Å². The fraction of sp³-hybridized carbons (Fsp3) is 0.385. The third kappa shape index (κ3) is 4.47. The molecule has 0 spiro atoms. The van der Waals surface area contributed by atoms with E-state index in [4.69, 9.17) is 0 Å². The summed E-state index contributed by atoms with van der Waals surface area (Å²) in [6.45, 7) is 7.27. The van der Waals surface area contributed by atoms with Crippen LogP contribution in [0.3, 0.4) is 0 Å². The lowest BCUT2D eigenvalue weighted by Crippen LogP contribution is -2.26. The maximum atomic E-state index is 10.0. The Kier molecular flexibility index (Phi) is 5.19. The van der Waals surface area contributed by atoms with Crippen LogP contribution >= 0.6 is 15.9 Å². The number of hydrogen-bond donors (Lipinski definition) is 1. The molecule has 1 aromatic carbocycles. The summed E-state index contributed by atoms with van der Waals surface area (Å²) in [6.07, 6.45) is -0.457. The van der Waals surface area contributed by atoms with Crippen molar-refractivity contribution in [2.45, 2.75) is 13.0 Å². The van der Waals surface area contributed by atoms with Gasteiger partial charge in [0.25, 0.3) is 0 Å². The van der Waals surface area contributed by atoms with Gasteiger partial charge in [-0.1, -0.05) is 40.2 Å². The average molecular weight is 284 g/mol. The zero-order valence-electron chi connectivity index (χ0n) is 9.78. The second-order valence-electron chi connectivity index (χ2n) is 4.22. The minimum absolute atomic E-state index is 0.457. The molecule has 0 bridgehead atoms. The molecule has 0 saturated carbocycles. The molecule has 1 aromatic rings. The van der Waals surface area contributed by atoms with Gasteiger partial charge in [-0.3, -0.25) is 4.90 Å². The highest BCUT2D eigenvalue weighted by atomic mass is 79.9. The monoisotopic (exact) mass is 283 g/mol. The summed E-state index contributed by atoms with van der Waals surface area (Å²) in [7, 11) is 1.98. The third-order valence-electron chi connectivity index (χ3n) is 2.26. The normalized spacial score (nSPS) is 12.8. The van der Waals surface area contributed by atoms with Gasteiger partial charge in [-0.05, 0) is 31.7 Å². The average Bonchev–Trinajstić information content (AvgIpc) is 2.16. The molecule has 0 heterocycles. The van der Waals surface area contributed by atoms with Crippen LogP contribution in [0.2, 0.25) is 0 Å². The van der Waals surface area contributed by atoms with Gasteiger partial charge in [-0.25, -0.2) is 0 Å². The fourth-order valence-corrected chi connectivity index (χ4v) is 2.06. The number of likely N-dealkylation sites (N-methyl/N-ethyl adjacent to an activating group) is 1. The number of aliphatic hydroxyl groups is 1. The van der Waals surface area contributed by atoms with E-state index >= 15 is 0 Å². The molecule has 2 nitrogen and oxygen atoms in total. The molecule has 0 fully saturated rings. The summed E-state index contributed by atoms with van der Waals surface area (Å²) >= 11 is 3.40. The largest absolute Gasteiger partial charge is 0.387 e. The van der Waals surface area contributed by atoms with Crippen LogP contribution in [0.1, 0.15) is 18.6 Å². The second kappa shape index (κ2) is 6.18. The van der Waals surface area contributed by atoms with Crippen molar-refractivity contribution in [1.82, 2.24) is 4.90 Å². The molecule has 0 amide bonds. The van der Waals surface area contributed by atoms with Gasteiger partial charge in [0.1, 0.15) is 0 Å². The van der Waals surface area contributed by atoms with Crippen LogP contribution in [0.5, 0.6) is 0 Å². The van der Waals surface area contributed by atoms with Crippen LogP contribution in [0, 0.1) is 0 Å². The molecular weight excluding hydrogens is 266 g/mol. The molecule has 0 radical (unpaired) electrons. The lowest BCUT2D eigenvalue weighted by atomic mass is 10.1. The van der Waals surface area contributed by atoms with Crippen LogP contribution in [0.15, 0.2) is 40.9 Å². The summed E-state index contributed by atoms with van der Waals surface area (Å²) < 4.78 is 0.992. The Hall–Kier alpha value is -0.640. The molecule has 88 valence electrons. The predicted molar refractivity (Wildman–Crippen MR) is 71.4 cm³/mol.